The number of aromatic nitrogens is 2. The molecule has 172 valence electrons. The van der Waals surface area contributed by atoms with E-state index in [0.717, 1.165) is 17.0 Å². The van der Waals surface area contributed by atoms with E-state index >= 15 is 0 Å². The van der Waals surface area contributed by atoms with Crippen LogP contribution in [0.25, 0.3) is 11.0 Å². The molecule has 1 aliphatic heterocycles. The van der Waals surface area contributed by atoms with E-state index in [2.05, 4.69) is 4.98 Å². The van der Waals surface area contributed by atoms with Crippen LogP contribution in [-0.4, -0.2) is 32.9 Å². The van der Waals surface area contributed by atoms with Crippen LogP contribution in [0.4, 0.5) is 24.5 Å². The third-order valence-electron chi connectivity index (χ3n) is 5.37. The number of ether oxygens (including phenoxy) is 1. The molecule has 4 rings (SSSR count). The molecule has 33 heavy (non-hydrogen) atoms. The highest BCUT2D eigenvalue weighted by molar-refractivity contribution is 5.99. The molecule has 2 heterocycles. The zero-order chi connectivity index (χ0) is 23.9. The van der Waals surface area contributed by atoms with Gasteiger partial charge in [-0.3, -0.25) is 24.3 Å². The number of anilines is 1. The van der Waals surface area contributed by atoms with Gasteiger partial charge in [-0.1, -0.05) is 12.1 Å². The number of nitrogens with zero attached hydrogens (tertiary/aromatic N) is 4. The van der Waals surface area contributed by atoms with Gasteiger partial charge in [-0.25, -0.2) is 4.98 Å². The number of hydrogen-bond acceptors (Lipinski definition) is 6. The minimum atomic E-state index is -2.91. The Labute approximate surface area is 184 Å². The predicted octanol–water partition coefficient (Wildman–Crippen LogP) is 4.14. The number of nitro benzene ring substituents is 1. The van der Waals surface area contributed by atoms with Gasteiger partial charge in [-0.15, -0.1) is 0 Å². The first kappa shape index (κ1) is 22.2. The molecule has 2 unspecified atom stereocenters. The Morgan fingerprint density at radius 1 is 1.27 bits per heavy atom. The molecule has 0 bridgehead atoms. The van der Waals surface area contributed by atoms with Crippen molar-refractivity contribution in [2.24, 2.45) is 5.92 Å². The summed E-state index contributed by atoms with van der Waals surface area (Å²) in [6.45, 7) is -1.67. The van der Waals surface area contributed by atoms with Gasteiger partial charge in [0.1, 0.15) is 0 Å². The van der Waals surface area contributed by atoms with Crippen molar-refractivity contribution >= 4 is 34.3 Å². The molecule has 0 saturated carbocycles. The molecule has 12 heteroatoms. The van der Waals surface area contributed by atoms with E-state index in [9.17, 15) is 32.9 Å². The molecule has 2 atom stereocenters. The maximum absolute atomic E-state index is 13.7. The summed E-state index contributed by atoms with van der Waals surface area (Å²) >= 11 is 0. The maximum Gasteiger partial charge on any atom is 0.320 e. The van der Waals surface area contributed by atoms with Crippen molar-refractivity contribution in [2.75, 3.05) is 11.4 Å². The number of esters is 1. The van der Waals surface area contributed by atoms with E-state index < -0.39 is 46.9 Å². The van der Waals surface area contributed by atoms with Crippen LogP contribution in [0.15, 0.2) is 42.5 Å². The van der Waals surface area contributed by atoms with Crippen LogP contribution in [0.5, 0.6) is 0 Å². The lowest BCUT2D eigenvalue weighted by atomic mass is 10.1. The minimum Gasteiger partial charge on any atom is -0.454 e. The molecule has 1 amide bonds. The van der Waals surface area contributed by atoms with Gasteiger partial charge in [0.25, 0.3) is 0 Å². The highest BCUT2D eigenvalue weighted by Gasteiger charge is 2.38. The van der Waals surface area contributed by atoms with Crippen molar-refractivity contribution in [3.05, 3.63) is 64.2 Å². The lowest BCUT2D eigenvalue weighted by Gasteiger charge is -2.18. The number of alkyl halides is 2. The summed E-state index contributed by atoms with van der Waals surface area (Å²) in [4.78, 5) is 40.4. The minimum absolute atomic E-state index is 0.0657. The van der Waals surface area contributed by atoms with E-state index in [1.807, 2.05) is 0 Å². The number of para-hydroxylation sites is 2. The second-order valence-electron chi connectivity index (χ2n) is 7.48. The summed E-state index contributed by atoms with van der Waals surface area (Å²) in [5, 5.41) is 11.0. The number of halogens is 3. The first-order chi connectivity index (χ1) is 15.7. The van der Waals surface area contributed by atoms with Crippen molar-refractivity contribution in [2.45, 2.75) is 26.0 Å². The van der Waals surface area contributed by atoms with Gasteiger partial charge in [0, 0.05) is 19.0 Å². The van der Waals surface area contributed by atoms with Crippen LogP contribution < -0.4 is 4.90 Å². The smallest absolute Gasteiger partial charge is 0.320 e. The molecule has 9 nitrogen and oxygen atoms in total. The molecule has 0 aliphatic carbocycles. The van der Waals surface area contributed by atoms with Crippen molar-refractivity contribution in [1.29, 1.82) is 0 Å². The van der Waals surface area contributed by atoms with Crippen molar-refractivity contribution in [3.63, 3.8) is 0 Å². The van der Waals surface area contributed by atoms with Gasteiger partial charge in [-0.05, 0) is 31.2 Å². The number of carbonyl (C=O) groups is 2. The van der Waals surface area contributed by atoms with Gasteiger partial charge in [0.2, 0.25) is 11.7 Å². The molecular formula is C21H17F3N4O5. The van der Waals surface area contributed by atoms with Crippen molar-refractivity contribution in [3.8, 4) is 0 Å². The summed E-state index contributed by atoms with van der Waals surface area (Å²) in [5.74, 6) is -3.45. The third kappa shape index (κ3) is 4.11. The van der Waals surface area contributed by atoms with Gasteiger partial charge >= 0.3 is 18.2 Å². The Bertz CT molecular complexity index is 1260. The third-order valence-corrected chi connectivity index (χ3v) is 5.37. The zero-order valence-electron chi connectivity index (χ0n) is 17.2. The first-order valence-electron chi connectivity index (χ1n) is 9.87. The van der Waals surface area contributed by atoms with E-state index in [1.165, 1.54) is 19.1 Å². The van der Waals surface area contributed by atoms with Crippen LogP contribution in [-0.2, 0) is 14.3 Å². The number of fused-ring (bicyclic) bond motifs is 1. The van der Waals surface area contributed by atoms with Crippen LogP contribution >= 0.6 is 0 Å². The number of rotatable bonds is 6. The molecule has 0 radical (unpaired) electrons. The van der Waals surface area contributed by atoms with Crippen molar-refractivity contribution in [1.82, 2.24) is 9.55 Å². The van der Waals surface area contributed by atoms with Crippen LogP contribution in [0.3, 0.4) is 0 Å². The summed E-state index contributed by atoms with van der Waals surface area (Å²) < 4.78 is 46.9. The summed E-state index contributed by atoms with van der Waals surface area (Å²) in [7, 11) is 0. The second-order valence-corrected chi connectivity index (χ2v) is 7.48. The average molecular weight is 462 g/mol. The normalized spacial score (nSPS) is 17.1. The summed E-state index contributed by atoms with van der Waals surface area (Å²) in [6, 6.07) is 9.23. The number of hydrogen-bond donors (Lipinski definition) is 0. The maximum atomic E-state index is 13.7. The SMILES string of the molecule is CC(OC(=O)C1CC(=O)N(c2ccc(F)c([N+](=O)[O-])c2)C1)c1nc2ccccc2n1C(F)F. The van der Waals surface area contributed by atoms with E-state index in [4.69, 9.17) is 4.74 Å². The fourth-order valence-electron chi connectivity index (χ4n) is 3.80. The molecular weight excluding hydrogens is 445 g/mol. The monoisotopic (exact) mass is 462 g/mol. The Balaban J connectivity index is 1.52. The highest BCUT2D eigenvalue weighted by Crippen LogP contribution is 2.32. The lowest BCUT2D eigenvalue weighted by molar-refractivity contribution is -0.387. The standard InChI is InChI=1S/C21H17F3N4O5/c1-11(19-25-15-4-2-3-5-16(15)27(19)21(23)24)33-20(30)12-8-18(29)26(10-12)13-6-7-14(22)17(9-13)28(31)32/h2-7,9,11-12,21H,8,10H2,1H3. The second kappa shape index (κ2) is 8.52. The summed E-state index contributed by atoms with van der Waals surface area (Å²) in [6.07, 6.45) is -1.38. The molecule has 2 aromatic carbocycles. The fourth-order valence-corrected chi connectivity index (χ4v) is 3.80. The van der Waals surface area contributed by atoms with Gasteiger partial charge in [0.15, 0.2) is 11.9 Å². The molecule has 1 aromatic heterocycles. The Kier molecular flexibility index (Phi) is 5.75. The quantitative estimate of drug-likeness (QED) is 0.310. The van der Waals surface area contributed by atoms with E-state index in [-0.39, 0.29) is 30.0 Å². The zero-order valence-corrected chi connectivity index (χ0v) is 17.2. The number of benzene rings is 2. The highest BCUT2D eigenvalue weighted by atomic mass is 19.3. The molecule has 3 aromatic rings. The van der Waals surface area contributed by atoms with Gasteiger partial charge in [0.05, 0.1) is 27.6 Å². The number of imidazole rings is 1. The first-order valence-corrected chi connectivity index (χ1v) is 9.87. The Hall–Kier alpha value is -3.96. The predicted molar refractivity (Wildman–Crippen MR) is 109 cm³/mol. The van der Waals surface area contributed by atoms with E-state index in [1.54, 1.807) is 18.2 Å². The molecule has 1 aliphatic rings. The fraction of sp³-hybridized carbons (Fsp3) is 0.286. The van der Waals surface area contributed by atoms with Crippen LogP contribution in [0.1, 0.15) is 31.8 Å². The Morgan fingerprint density at radius 3 is 2.70 bits per heavy atom. The van der Waals surface area contributed by atoms with Crippen molar-refractivity contribution < 1.29 is 32.4 Å². The number of carbonyl (C=O) groups excluding carboxylic acids is 2. The van der Waals surface area contributed by atoms with Gasteiger partial charge < -0.3 is 9.64 Å². The largest absolute Gasteiger partial charge is 0.454 e. The number of nitro groups is 1. The molecule has 0 spiro atoms. The average Bonchev–Trinajstić information content (AvgIpc) is 3.35. The summed E-state index contributed by atoms with van der Waals surface area (Å²) in [5.41, 5.74) is -0.233. The molecule has 1 saturated heterocycles. The molecule has 0 N–H and O–H groups in total. The van der Waals surface area contributed by atoms with E-state index in [0.29, 0.717) is 10.1 Å². The lowest BCUT2D eigenvalue weighted by Crippen LogP contribution is -2.27. The van der Waals surface area contributed by atoms with Crippen LogP contribution in [0, 0.1) is 21.8 Å². The topological polar surface area (TPSA) is 108 Å². The Morgan fingerprint density at radius 2 is 2.00 bits per heavy atom. The molecule has 1 fully saturated rings. The van der Waals surface area contributed by atoms with Crippen LogP contribution in [0.2, 0.25) is 0 Å². The van der Waals surface area contributed by atoms with Gasteiger partial charge in [-0.2, -0.15) is 13.2 Å². The number of amides is 1.